The topological polar surface area (TPSA) is 76.7 Å². The lowest BCUT2D eigenvalue weighted by Gasteiger charge is -2.18. The van der Waals surface area contributed by atoms with Crippen LogP contribution in [0, 0.1) is 5.92 Å². The van der Waals surface area contributed by atoms with E-state index in [-0.39, 0.29) is 29.9 Å². The van der Waals surface area contributed by atoms with Crippen molar-refractivity contribution in [3.63, 3.8) is 0 Å². The van der Waals surface area contributed by atoms with E-state index >= 15 is 0 Å². The lowest BCUT2D eigenvalue weighted by atomic mass is 10.1. The maximum atomic E-state index is 12.1. The second kappa shape index (κ2) is 9.46. The molecule has 1 aliphatic carbocycles. The summed E-state index contributed by atoms with van der Waals surface area (Å²) >= 11 is 0. The minimum Gasteiger partial charge on any atom is -0.493 e. The molecule has 1 aliphatic rings. The van der Waals surface area contributed by atoms with E-state index < -0.39 is 0 Å². The molecule has 1 saturated carbocycles. The van der Waals surface area contributed by atoms with Gasteiger partial charge in [0, 0.05) is 18.9 Å². The Morgan fingerprint density at radius 2 is 1.92 bits per heavy atom. The maximum Gasteiger partial charge on any atom is 0.223 e. The molecule has 0 aliphatic heterocycles. The third-order valence-electron chi connectivity index (χ3n) is 4.26. The first-order chi connectivity index (χ1) is 12.4. The average Bonchev–Trinajstić information content (AvgIpc) is 3.43. The van der Waals surface area contributed by atoms with Gasteiger partial charge < -0.3 is 20.1 Å². The monoisotopic (exact) mass is 362 g/mol. The Morgan fingerprint density at radius 3 is 2.54 bits per heavy atom. The van der Waals surface area contributed by atoms with Gasteiger partial charge in [0.1, 0.15) is 0 Å². The van der Waals surface area contributed by atoms with Gasteiger partial charge >= 0.3 is 0 Å². The molecule has 0 spiro atoms. The molecule has 2 amide bonds. The normalized spacial score (nSPS) is 14.7. The number of rotatable bonds is 10. The molecule has 0 saturated heterocycles. The zero-order valence-corrected chi connectivity index (χ0v) is 16.1. The van der Waals surface area contributed by atoms with Gasteiger partial charge in [0.2, 0.25) is 11.8 Å². The molecule has 6 heteroatoms. The van der Waals surface area contributed by atoms with Crippen molar-refractivity contribution in [1.29, 1.82) is 0 Å². The molecule has 1 atom stereocenters. The smallest absolute Gasteiger partial charge is 0.223 e. The van der Waals surface area contributed by atoms with Gasteiger partial charge in [-0.05, 0) is 57.7 Å². The molecule has 1 unspecified atom stereocenters. The first-order valence-electron chi connectivity index (χ1n) is 9.32. The molecule has 1 fully saturated rings. The number of hydrogen-bond acceptors (Lipinski definition) is 4. The van der Waals surface area contributed by atoms with E-state index in [1.807, 2.05) is 39.0 Å². The number of methoxy groups -OCH3 is 1. The minimum absolute atomic E-state index is 0.0281. The summed E-state index contributed by atoms with van der Waals surface area (Å²) in [6, 6.07) is 5.55. The predicted octanol–water partition coefficient (Wildman–Crippen LogP) is 2.97. The van der Waals surface area contributed by atoms with Crippen LogP contribution < -0.4 is 20.1 Å². The lowest BCUT2D eigenvalue weighted by molar-refractivity contribution is -0.123. The number of amides is 2. The van der Waals surface area contributed by atoms with Crippen LogP contribution >= 0.6 is 0 Å². The zero-order valence-electron chi connectivity index (χ0n) is 16.1. The van der Waals surface area contributed by atoms with Crippen molar-refractivity contribution in [2.24, 2.45) is 5.92 Å². The highest BCUT2D eigenvalue weighted by Gasteiger charge is 2.29. The standard InChI is InChI=1S/C20H30N2O4/c1-13(2)26-17-10-9-16(12-18(17)25-4)14(3)22-19(23)6-5-11-21-20(24)15-7-8-15/h9-10,12-15H,5-8,11H2,1-4H3,(H,21,24)(H,22,23). The number of hydrogen-bond donors (Lipinski definition) is 2. The molecule has 144 valence electrons. The second-order valence-corrected chi connectivity index (χ2v) is 7.03. The molecular weight excluding hydrogens is 332 g/mol. The summed E-state index contributed by atoms with van der Waals surface area (Å²) in [5, 5.41) is 5.86. The van der Waals surface area contributed by atoms with Crippen molar-refractivity contribution in [2.45, 2.75) is 58.6 Å². The summed E-state index contributed by atoms with van der Waals surface area (Å²) in [5.74, 6) is 1.65. The fourth-order valence-electron chi connectivity index (χ4n) is 2.65. The quantitative estimate of drug-likeness (QED) is 0.628. The summed E-state index contributed by atoms with van der Waals surface area (Å²) < 4.78 is 11.1. The van der Waals surface area contributed by atoms with Gasteiger partial charge in [0.25, 0.3) is 0 Å². The van der Waals surface area contributed by atoms with Crippen molar-refractivity contribution in [1.82, 2.24) is 10.6 Å². The Hall–Kier alpha value is -2.24. The van der Waals surface area contributed by atoms with E-state index in [2.05, 4.69) is 10.6 Å². The second-order valence-electron chi connectivity index (χ2n) is 7.03. The molecule has 0 radical (unpaired) electrons. The molecule has 6 nitrogen and oxygen atoms in total. The summed E-state index contributed by atoms with van der Waals surface area (Å²) in [6.07, 6.45) is 3.08. The largest absolute Gasteiger partial charge is 0.493 e. The van der Waals surface area contributed by atoms with E-state index in [4.69, 9.17) is 9.47 Å². The van der Waals surface area contributed by atoms with Gasteiger partial charge in [-0.15, -0.1) is 0 Å². The average molecular weight is 362 g/mol. The Kier molecular flexibility index (Phi) is 7.30. The van der Waals surface area contributed by atoms with Gasteiger partial charge in [0.15, 0.2) is 11.5 Å². The maximum absolute atomic E-state index is 12.1. The summed E-state index contributed by atoms with van der Waals surface area (Å²) in [5.41, 5.74) is 0.952. The molecular formula is C20H30N2O4. The number of carbonyl (C=O) groups is 2. The Morgan fingerprint density at radius 1 is 1.19 bits per heavy atom. The van der Waals surface area contributed by atoms with E-state index in [0.29, 0.717) is 30.9 Å². The van der Waals surface area contributed by atoms with Crippen molar-refractivity contribution in [3.05, 3.63) is 23.8 Å². The number of nitrogens with one attached hydrogen (secondary N) is 2. The highest BCUT2D eigenvalue weighted by Crippen LogP contribution is 2.31. The van der Waals surface area contributed by atoms with Crippen LogP contribution in [0.15, 0.2) is 18.2 Å². The molecule has 1 aromatic rings. The molecule has 0 bridgehead atoms. The SMILES string of the molecule is COc1cc(C(C)NC(=O)CCCNC(=O)C2CC2)ccc1OC(C)C. The number of ether oxygens (including phenoxy) is 2. The van der Waals surface area contributed by atoms with E-state index in [1.165, 1.54) is 0 Å². The molecule has 26 heavy (non-hydrogen) atoms. The first-order valence-corrected chi connectivity index (χ1v) is 9.32. The Labute approximate surface area is 155 Å². The third kappa shape index (κ3) is 6.24. The van der Waals surface area contributed by atoms with Crippen molar-refractivity contribution >= 4 is 11.8 Å². The van der Waals surface area contributed by atoms with E-state index in [0.717, 1.165) is 18.4 Å². The Bertz CT molecular complexity index is 626. The number of benzene rings is 1. The molecule has 1 aromatic carbocycles. The highest BCUT2D eigenvalue weighted by molar-refractivity contribution is 5.81. The van der Waals surface area contributed by atoms with Crippen LogP contribution in [0.1, 0.15) is 58.1 Å². The van der Waals surface area contributed by atoms with Crippen LogP contribution in [0.25, 0.3) is 0 Å². The van der Waals surface area contributed by atoms with E-state index in [1.54, 1.807) is 7.11 Å². The predicted molar refractivity (Wildman–Crippen MR) is 100 cm³/mol. The van der Waals surface area contributed by atoms with Crippen molar-refractivity contribution < 1.29 is 19.1 Å². The van der Waals surface area contributed by atoms with Gasteiger partial charge in [-0.3, -0.25) is 9.59 Å². The lowest BCUT2D eigenvalue weighted by Crippen LogP contribution is -2.29. The van der Waals surface area contributed by atoms with Crippen LogP contribution in [-0.4, -0.2) is 31.6 Å². The molecule has 2 rings (SSSR count). The van der Waals surface area contributed by atoms with E-state index in [9.17, 15) is 9.59 Å². The van der Waals surface area contributed by atoms with Gasteiger partial charge in [-0.1, -0.05) is 6.07 Å². The van der Waals surface area contributed by atoms with Crippen molar-refractivity contribution in [2.75, 3.05) is 13.7 Å². The highest BCUT2D eigenvalue weighted by atomic mass is 16.5. The van der Waals surface area contributed by atoms with Crippen LogP contribution in [0.3, 0.4) is 0 Å². The molecule has 0 heterocycles. The van der Waals surface area contributed by atoms with Gasteiger partial charge in [-0.25, -0.2) is 0 Å². The zero-order chi connectivity index (χ0) is 19.1. The van der Waals surface area contributed by atoms with Crippen LogP contribution in [-0.2, 0) is 9.59 Å². The Balaban J connectivity index is 1.79. The summed E-state index contributed by atoms with van der Waals surface area (Å²) in [4.78, 5) is 23.6. The van der Waals surface area contributed by atoms with Crippen LogP contribution in [0.5, 0.6) is 11.5 Å². The third-order valence-corrected chi connectivity index (χ3v) is 4.26. The van der Waals surface area contributed by atoms with Crippen LogP contribution in [0.4, 0.5) is 0 Å². The fourth-order valence-corrected chi connectivity index (χ4v) is 2.65. The van der Waals surface area contributed by atoms with Crippen molar-refractivity contribution in [3.8, 4) is 11.5 Å². The van der Waals surface area contributed by atoms with Crippen LogP contribution in [0.2, 0.25) is 0 Å². The minimum atomic E-state index is -0.134. The summed E-state index contributed by atoms with van der Waals surface area (Å²) in [7, 11) is 1.60. The summed E-state index contributed by atoms with van der Waals surface area (Å²) in [6.45, 7) is 6.41. The molecule has 0 aromatic heterocycles. The fraction of sp³-hybridized carbons (Fsp3) is 0.600. The van der Waals surface area contributed by atoms with Gasteiger partial charge in [0.05, 0.1) is 19.3 Å². The molecule has 2 N–H and O–H groups in total. The first kappa shape index (κ1) is 20.1. The van der Waals surface area contributed by atoms with Gasteiger partial charge in [-0.2, -0.15) is 0 Å². The number of carbonyl (C=O) groups excluding carboxylic acids is 2.